The number of nitrogens with zero attached hydrogens (tertiary/aromatic N) is 1. The Morgan fingerprint density at radius 2 is 1.79 bits per heavy atom. The Bertz CT molecular complexity index is 1150. The number of piperidine rings is 1. The number of aliphatic carboxylic acids is 1. The minimum atomic E-state index is -1.05. The summed E-state index contributed by atoms with van der Waals surface area (Å²) in [6.07, 6.45) is 2.90. The number of ether oxygens (including phenoxy) is 1. The lowest BCUT2D eigenvalue weighted by atomic mass is 9.93. The first-order valence-electron chi connectivity index (χ1n) is 13.3. The number of alkyl carbamates (subject to hydrolysis) is 1. The second-order valence-electron chi connectivity index (χ2n) is 11.1. The molecule has 1 saturated heterocycles. The number of aromatic amines is 1. The van der Waals surface area contributed by atoms with Gasteiger partial charge < -0.3 is 30.4 Å². The summed E-state index contributed by atoms with van der Waals surface area (Å²) in [6, 6.07) is 5.96. The highest BCUT2D eigenvalue weighted by molar-refractivity contribution is 5.89. The third-order valence-corrected chi connectivity index (χ3v) is 7.04. The molecule has 1 aliphatic heterocycles. The number of fused-ring (bicyclic) bond motifs is 1. The number of nitrogens with one attached hydrogen (secondary N) is 3. The molecule has 2 heterocycles. The molecule has 2 aromatic rings. The van der Waals surface area contributed by atoms with Crippen LogP contribution >= 0.6 is 0 Å². The molecule has 1 fully saturated rings. The van der Waals surface area contributed by atoms with E-state index in [-0.39, 0.29) is 30.1 Å². The van der Waals surface area contributed by atoms with Crippen LogP contribution in [0.25, 0.3) is 10.9 Å². The Balaban J connectivity index is 1.69. The van der Waals surface area contributed by atoms with Gasteiger partial charge in [0.15, 0.2) is 0 Å². The van der Waals surface area contributed by atoms with Crippen molar-refractivity contribution in [3.8, 4) is 0 Å². The lowest BCUT2D eigenvalue weighted by Crippen LogP contribution is -2.54. The first-order valence-corrected chi connectivity index (χ1v) is 13.3. The Labute approximate surface area is 223 Å². The number of carbonyl (C=O) groups is 4. The zero-order chi connectivity index (χ0) is 28.0. The molecule has 0 aliphatic carbocycles. The molecule has 1 aromatic carbocycles. The summed E-state index contributed by atoms with van der Waals surface area (Å²) >= 11 is 0. The highest BCUT2D eigenvalue weighted by Gasteiger charge is 2.35. The van der Waals surface area contributed by atoms with Gasteiger partial charge in [-0.2, -0.15) is 0 Å². The van der Waals surface area contributed by atoms with Crippen molar-refractivity contribution < 1.29 is 29.0 Å². The van der Waals surface area contributed by atoms with Crippen LogP contribution in [0.4, 0.5) is 4.79 Å². The van der Waals surface area contributed by atoms with E-state index in [9.17, 15) is 24.3 Å². The van der Waals surface area contributed by atoms with Gasteiger partial charge in [0.1, 0.15) is 17.7 Å². The summed E-state index contributed by atoms with van der Waals surface area (Å²) in [5.74, 6) is -2.16. The monoisotopic (exact) mass is 528 g/mol. The summed E-state index contributed by atoms with van der Waals surface area (Å²) in [5, 5.41) is 15.9. The molecule has 208 valence electrons. The van der Waals surface area contributed by atoms with E-state index < -0.39 is 29.7 Å². The molecular formula is C28H40N4O6. The third kappa shape index (κ3) is 7.49. The summed E-state index contributed by atoms with van der Waals surface area (Å²) in [5.41, 5.74) is 1.12. The molecule has 3 rings (SSSR count). The van der Waals surface area contributed by atoms with E-state index in [0.717, 1.165) is 16.5 Å². The summed E-state index contributed by atoms with van der Waals surface area (Å²) in [7, 11) is 0. The maximum absolute atomic E-state index is 13.6. The fourth-order valence-electron chi connectivity index (χ4n) is 4.71. The molecule has 3 atom stereocenters. The summed E-state index contributed by atoms with van der Waals surface area (Å²) in [4.78, 5) is 55.5. The van der Waals surface area contributed by atoms with Crippen LogP contribution in [0.15, 0.2) is 30.5 Å². The fourth-order valence-corrected chi connectivity index (χ4v) is 4.71. The molecule has 1 aromatic heterocycles. The van der Waals surface area contributed by atoms with Crippen molar-refractivity contribution in [1.82, 2.24) is 20.5 Å². The van der Waals surface area contributed by atoms with Gasteiger partial charge in [0.25, 0.3) is 0 Å². The maximum Gasteiger partial charge on any atom is 0.408 e. The van der Waals surface area contributed by atoms with E-state index in [1.165, 1.54) is 0 Å². The summed E-state index contributed by atoms with van der Waals surface area (Å²) in [6.45, 7) is 9.62. The Morgan fingerprint density at radius 3 is 2.39 bits per heavy atom. The van der Waals surface area contributed by atoms with Crippen molar-refractivity contribution in [3.63, 3.8) is 0 Å². The van der Waals surface area contributed by atoms with Gasteiger partial charge in [-0.3, -0.25) is 9.59 Å². The van der Waals surface area contributed by atoms with Crippen molar-refractivity contribution in [2.45, 2.75) is 78.0 Å². The standard InChI is InChI=1S/C28H40N4O6/c1-6-17(2)23(26(35)36)31-24(33)18-11-13-32(14-12-18)25(34)22(30-27(37)38-28(3,4)5)15-19-16-29-21-10-8-7-9-20(19)21/h7-10,16-18,22-23,29H,6,11-15H2,1-5H3,(H,30,37)(H,31,33)(H,35,36)/t17-,22+,23+/m1/s1. The largest absolute Gasteiger partial charge is 0.480 e. The van der Waals surface area contributed by atoms with Gasteiger partial charge in [-0.1, -0.05) is 38.5 Å². The molecule has 1 aliphatic rings. The van der Waals surface area contributed by atoms with Crippen molar-refractivity contribution >= 4 is 34.8 Å². The minimum Gasteiger partial charge on any atom is -0.480 e. The van der Waals surface area contributed by atoms with E-state index in [1.807, 2.05) is 37.4 Å². The molecule has 0 saturated carbocycles. The molecule has 0 unspecified atom stereocenters. The predicted molar refractivity (Wildman–Crippen MR) is 143 cm³/mol. The molecular weight excluding hydrogens is 488 g/mol. The number of aromatic nitrogens is 1. The second-order valence-corrected chi connectivity index (χ2v) is 11.1. The van der Waals surface area contributed by atoms with E-state index in [2.05, 4.69) is 15.6 Å². The quantitative estimate of drug-likeness (QED) is 0.393. The number of likely N-dealkylation sites (tertiary alicyclic amines) is 1. The molecule has 10 heteroatoms. The topological polar surface area (TPSA) is 141 Å². The molecule has 10 nitrogen and oxygen atoms in total. The molecule has 38 heavy (non-hydrogen) atoms. The number of hydrogen-bond acceptors (Lipinski definition) is 5. The molecule has 4 N–H and O–H groups in total. The normalized spacial score (nSPS) is 16.9. The zero-order valence-corrected chi connectivity index (χ0v) is 22.9. The number of carboxylic acids is 1. The minimum absolute atomic E-state index is 0.192. The van der Waals surface area contributed by atoms with Crippen molar-refractivity contribution in [2.75, 3.05) is 13.1 Å². The van der Waals surface area contributed by atoms with Crippen LogP contribution in [0.2, 0.25) is 0 Å². The van der Waals surface area contributed by atoms with Gasteiger partial charge in [0.2, 0.25) is 11.8 Å². The Morgan fingerprint density at radius 1 is 1.13 bits per heavy atom. The lowest BCUT2D eigenvalue weighted by molar-refractivity contribution is -0.144. The number of carbonyl (C=O) groups excluding carboxylic acids is 3. The van der Waals surface area contributed by atoms with Gasteiger partial charge in [0, 0.05) is 42.5 Å². The molecule has 0 radical (unpaired) electrons. The fraction of sp³-hybridized carbons (Fsp3) is 0.571. The lowest BCUT2D eigenvalue weighted by Gasteiger charge is -2.34. The highest BCUT2D eigenvalue weighted by Crippen LogP contribution is 2.23. The number of carboxylic acid groups (broad SMARTS) is 1. The number of para-hydroxylation sites is 1. The van der Waals surface area contributed by atoms with Crippen LogP contribution in [0.5, 0.6) is 0 Å². The van der Waals surface area contributed by atoms with Gasteiger partial charge in [-0.15, -0.1) is 0 Å². The van der Waals surface area contributed by atoms with Crippen LogP contribution in [-0.4, -0.2) is 69.6 Å². The zero-order valence-electron chi connectivity index (χ0n) is 22.9. The van der Waals surface area contributed by atoms with E-state index in [1.54, 1.807) is 32.6 Å². The van der Waals surface area contributed by atoms with E-state index in [0.29, 0.717) is 32.4 Å². The highest BCUT2D eigenvalue weighted by atomic mass is 16.6. The van der Waals surface area contributed by atoms with Crippen molar-refractivity contribution in [3.05, 3.63) is 36.0 Å². The van der Waals surface area contributed by atoms with Crippen LogP contribution in [0.1, 0.15) is 59.4 Å². The second kappa shape index (κ2) is 12.3. The third-order valence-electron chi connectivity index (χ3n) is 7.04. The van der Waals surface area contributed by atoms with Gasteiger partial charge in [-0.25, -0.2) is 9.59 Å². The SMILES string of the molecule is CC[C@@H](C)[C@H](NC(=O)C1CCN(C(=O)[C@H](Cc2c[nH]c3ccccc23)NC(=O)OC(C)(C)C)CC1)C(=O)O. The first kappa shape index (κ1) is 29.0. The van der Waals surface area contributed by atoms with E-state index in [4.69, 9.17) is 4.74 Å². The number of amides is 3. The number of hydrogen-bond donors (Lipinski definition) is 4. The molecule has 0 spiro atoms. The van der Waals surface area contributed by atoms with Gasteiger partial charge in [-0.05, 0) is 51.2 Å². The summed E-state index contributed by atoms with van der Waals surface area (Å²) < 4.78 is 5.42. The first-order chi connectivity index (χ1) is 17.9. The van der Waals surface area contributed by atoms with Gasteiger partial charge >= 0.3 is 12.1 Å². The Kier molecular flexibility index (Phi) is 9.40. The molecule has 0 bridgehead atoms. The maximum atomic E-state index is 13.6. The van der Waals surface area contributed by atoms with Crippen LogP contribution in [0.3, 0.4) is 0 Å². The van der Waals surface area contributed by atoms with Crippen LogP contribution < -0.4 is 10.6 Å². The number of H-pyrrole nitrogens is 1. The average Bonchev–Trinajstić information content (AvgIpc) is 3.27. The van der Waals surface area contributed by atoms with Crippen LogP contribution in [0, 0.1) is 11.8 Å². The van der Waals surface area contributed by atoms with E-state index >= 15 is 0 Å². The van der Waals surface area contributed by atoms with Crippen LogP contribution in [-0.2, 0) is 25.5 Å². The smallest absolute Gasteiger partial charge is 0.408 e. The number of benzene rings is 1. The predicted octanol–water partition coefficient (Wildman–Crippen LogP) is 3.46. The van der Waals surface area contributed by atoms with Crippen molar-refractivity contribution in [2.24, 2.45) is 11.8 Å². The van der Waals surface area contributed by atoms with Crippen molar-refractivity contribution in [1.29, 1.82) is 0 Å². The Hall–Kier alpha value is -3.56. The van der Waals surface area contributed by atoms with Gasteiger partial charge in [0.05, 0.1) is 0 Å². The molecule has 3 amide bonds. The number of rotatable bonds is 9. The average molecular weight is 529 g/mol.